The number of benzene rings is 1. The van der Waals surface area contributed by atoms with Crippen molar-refractivity contribution in [2.75, 3.05) is 18.5 Å². The zero-order valence-corrected chi connectivity index (χ0v) is 6.75. The number of rotatable bonds is 3. The molecular weight excluding hydrogens is 134 g/mol. The highest BCUT2D eigenvalue weighted by molar-refractivity contribution is 5.45. The summed E-state index contributed by atoms with van der Waals surface area (Å²) in [5.74, 6) is 0. The number of anilines is 1. The molecule has 1 nitrogen and oxygen atoms in total. The van der Waals surface area contributed by atoms with Gasteiger partial charge in [0.25, 0.3) is 0 Å². The lowest BCUT2D eigenvalue weighted by molar-refractivity contribution is 1.03. The zero-order valence-electron chi connectivity index (χ0n) is 6.75. The monoisotopic (exact) mass is 146 g/mol. The van der Waals surface area contributed by atoms with Crippen LogP contribution in [-0.2, 0) is 0 Å². The average molecular weight is 146 g/mol. The number of hydrogen-bond donors (Lipinski definition) is 0. The molecular formula is C10H12N. The molecule has 0 unspecified atom stereocenters. The number of hydrogen-bond acceptors (Lipinski definition) is 1. The second-order valence-corrected chi connectivity index (χ2v) is 2.43. The summed E-state index contributed by atoms with van der Waals surface area (Å²) in [4.78, 5) is 2.11. The van der Waals surface area contributed by atoms with Crippen LogP contribution in [0.5, 0.6) is 0 Å². The summed E-state index contributed by atoms with van der Waals surface area (Å²) in [5.41, 5.74) is 1.17. The summed E-state index contributed by atoms with van der Waals surface area (Å²) in [7, 11) is 2.03. The Morgan fingerprint density at radius 3 is 3.09 bits per heavy atom. The van der Waals surface area contributed by atoms with Gasteiger partial charge in [-0.3, -0.25) is 0 Å². The third-order valence-corrected chi connectivity index (χ3v) is 1.53. The standard InChI is InChI=1S/C10H12N/c1-3-9-11(2)10-7-5-4-6-8-10/h3-5,7-8H,1,9H2,2H3. The highest BCUT2D eigenvalue weighted by atomic mass is 15.1. The Hall–Kier alpha value is -1.24. The van der Waals surface area contributed by atoms with Gasteiger partial charge in [-0.2, -0.15) is 0 Å². The molecule has 0 bridgehead atoms. The smallest absolute Gasteiger partial charge is 0.0372 e. The normalized spacial score (nSPS) is 9.18. The van der Waals surface area contributed by atoms with Crippen LogP contribution in [0.2, 0.25) is 0 Å². The molecule has 1 aromatic carbocycles. The van der Waals surface area contributed by atoms with Crippen LogP contribution in [0, 0.1) is 6.07 Å². The minimum atomic E-state index is 0.873. The fourth-order valence-corrected chi connectivity index (χ4v) is 0.920. The van der Waals surface area contributed by atoms with Crippen molar-refractivity contribution in [1.29, 1.82) is 0 Å². The van der Waals surface area contributed by atoms with E-state index in [9.17, 15) is 0 Å². The minimum Gasteiger partial charge on any atom is -0.371 e. The van der Waals surface area contributed by atoms with E-state index in [4.69, 9.17) is 0 Å². The first-order valence-electron chi connectivity index (χ1n) is 3.62. The fraction of sp³-hybridized carbons (Fsp3) is 0.200. The molecule has 0 N–H and O–H groups in total. The molecule has 0 aliphatic heterocycles. The van der Waals surface area contributed by atoms with Gasteiger partial charge in [-0.25, -0.2) is 0 Å². The Kier molecular flexibility index (Phi) is 2.73. The summed E-state index contributed by atoms with van der Waals surface area (Å²) in [5, 5.41) is 0. The molecule has 0 saturated heterocycles. The molecule has 0 aliphatic rings. The molecule has 0 atom stereocenters. The van der Waals surface area contributed by atoms with Crippen LogP contribution in [0.3, 0.4) is 0 Å². The average Bonchev–Trinajstić information content (AvgIpc) is 2.07. The van der Waals surface area contributed by atoms with E-state index in [-0.39, 0.29) is 0 Å². The predicted molar refractivity (Wildman–Crippen MR) is 48.7 cm³/mol. The maximum atomic E-state index is 3.67. The van der Waals surface area contributed by atoms with E-state index in [0.717, 1.165) is 6.54 Å². The molecule has 1 radical (unpaired) electrons. The van der Waals surface area contributed by atoms with Crippen molar-refractivity contribution in [2.45, 2.75) is 0 Å². The highest BCUT2D eigenvalue weighted by Crippen LogP contribution is 2.09. The SMILES string of the molecule is C=CCN(C)c1c[c]ccc1. The van der Waals surface area contributed by atoms with Crippen LogP contribution in [0.1, 0.15) is 0 Å². The molecule has 0 fully saturated rings. The molecule has 1 rings (SSSR count). The second kappa shape index (κ2) is 3.81. The highest BCUT2D eigenvalue weighted by Gasteiger charge is 1.94. The molecule has 11 heavy (non-hydrogen) atoms. The van der Waals surface area contributed by atoms with Gasteiger partial charge in [0.15, 0.2) is 0 Å². The lowest BCUT2D eigenvalue weighted by atomic mass is 10.3. The van der Waals surface area contributed by atoms with E-state index >= 15 is 0 Å². The van der Waals surface area contributed by atoms with Crippen molar-refractivity contribution in [1.82, 2.24) is 0 Å². The van der Waals surface area contributed by atoms with Crippen molar-refractivity contribution in [3.63, 3.8) is 0 Å². The number of likely N-dealkylation sites (N-methyl/N-ethyl adjacent to an activating group) is 1. The van der Waals surface area contributed by atoms with Crippen LogP contribution >= 0.6 is 0 Å². The lowest BCUT2D eigenvalue weighted by Crippen LogP contribution is -2.15. The Morgan fingerprint density at radius 2 is 2.55 bits per heavy atom. The molecule has 0 saturated carbocycles. The number of nitrogens with zero attached hydrogens (tertiary/aromatic N) is 1. The minimum absolute atomic E-state index is 0.873. The van der Waals surface area contributed by atoms with Crippen LogP contribution in [-0.4, -0.2) is 13.6 Å². The van der Waals surface area contributed by atoms with Gasteiger partial charge in [0.05, 0.1) is 0 Å². The Balaban J connectivity index is 2.68. The molecule has 57 valence electrons. The molecule has 1 aromatic rings. The molecule has 0 aliphatic carbocycles. The third kappa shape index (κ3) is 2.11. The molecule has 0 spiro atoms. The van der Waals surface area contributed by atoms with Gasteiger partial charge in [0, 0.05) is 19.3 Å². The van der Waals surface area contributed by atoms with E-state index in [1.54, 1.807) is 0 Å². The van der Waals surface area contributed by atoms with E-state index in [0.29, 0.717) is 0 Å². The first-order valence-corrected chi connectivity index (χ1v) is 3.62. The van der Waals surface area contributed by atoms with Crippen molar-refractivity contribution in [2.24, 2.45) is 0 Å². The quantitative estimate of drug-likeness (QED) is 0.590. The van der Waals surface area contributed by atoms with Crippen LogP contribution in [0.25, 0.3) is 0 Å². The van der Waals surface area contributed by atoms with Gasteiger partial charge in [-0.1, -0.05) is 18.2 Å². The molecule has 0 heterocycles. The summed E-state index contributed by atoms with van der Waals surface area (Å²) in [6, 6.07) is 10.9. The molecule has 1 heteroatoms. The van der Waals surface area contributed by atoms with E-state index in [1.165, 1.54) is 5.69 Å². The van der Waals surface area contributed by atoms with Crippen LogP contribution in [0.4, 0.5) is 5.69 Å². The maximum absolute atomic E-state index is 3.67. The van der Waals surface area contributed by atoms with E-state index < -0.39 is 0 Å². The maximum Gasteiger partial charge on any atom is 0.0372 e. The van der Waals surface area contributed by atoms with Gasteiger partial charge in [-0.15, -0.1) is 6.58 Å². The van der Waals surface area contributed by atoms with Crippen molar-refractivity contribution < 1.29 is 0 Å². The lowest BCUT2D eigenvalue weighted by Gasteiger charge is -2.16. The largest absolute Gasteiger partial charge is 0.371 e. The third-order valence-electron chi connectivity index (χ3n) is 1.53. The Bertz CT molecular complexity index is 216. The van der Waals surface area contributed by atoms with E-state index in [1.807, 2.05) is 31.3 Å². The van der Waals surface area contributed by atoms with Gasteiger partial charge >= 0.3 is 0 Å². The molecule has 0 amide bonds. The zero-order chi connectivity index (χ0) is 8.10. The predicted octanol–water partition coefficient (Wildman–Crippen LogP) is 2.11. The van der Waals surface area contributed by atoms with Crippen molar-refractivity contribution in [3.8, 4) is 0 Å². The van der Waals surface area contributed by atoms with Crippen molar-refractivity contribution >= 4 is 5.69 Å². The van der Waals surface area contributed by atoms with Crippen LogP contribution in [0.15, 0.2) is 36.9 Å². The van der Waals surface area contributed by atoms with Gasteiger partial charge in [0.1, 0.15) is 0 Å². The summed E-state index contributed by atoms with van der Waals surface area (Å²) < 4.78 is 0. The van der Waals surface area contributed by atoms with Crippen molar-refractivity contribution in [3.05, 3.63) is 43.0 Å². The second-order valence-electron chi connectivity index (χ2n) is 2.43. The summed E-state index contributed by atoms with van der Waals surface area (Å²) >= 11 is 0. The van der Waals surface area contributed by atoms with Gasteiger partial charge in [0.2, 0.25) is 0 Å². The fourth-order valence-electron chi connectivity index (χ4n) is 0.920. The van der Waals surface area contributed by atoms with E-state index in [2.05, 4.69) is 23.6 Å². The topological polar surface area (TPSA) is 3.24 Å². The Labute approximate surface area is 68.0 Å². The summed E-state index contributed by atoms with van der Waals surface area (Å²) in [6.07, 6.45) is 1.88. The summed E-state index contributed by atoms with van der Waals surface area (Å²) in [6.45, 7) is 4.55. The first-order chi connectivity index (χ1) is 5.34. The molecule has 0 aromatic heterocycles. The van der Waals surface area contributed by atoms with Gasteiger partial charge < -0.3 is 4.90 Å². The van der Waals surface area contributed by atoms with Gasteiger partial charge in [-0.05, 0) is 18.2 Å². The first kappa shape index (κ1) is 7.86. The van der Waals surface area contributed by atoms with Crippen LogP contribution < -0.4 is 4.90 Å². The Morgan fingerprint density at radius 1 is 1.73 bits per heavy atom.